The van der Waals surface area contributed by atoms with E-state index in [4.69, 9.17) is 5.11 Å². The van der Waals surface area contributed by atoms with Crippen molar-refractivity contribution in [1.29, 1.82) is 0 Å². The van der Waals surface area contributed by atoms with Crippen LogP contribution in [0.4, 0.5) is 4.79 Å². The number of carboxylic acids is 1. The van der Waals surface area contributed by atoms with E-state index in [1.54, 1.807) is 13.8 Å². The highest BCUT2D eigenvalue weighted by molar-refractivity contribution is 5.82. The predicted molar refractivity (Wildman–Crippen MR) is 71.6 cm³/mol. The van der Waals surface area contributed by atoms with E-state index in [0.29, 0.717) is 6.54 Å². The molecule has 0 aromatic carbocycles. The summed E-state index contributed by atoms with van der Waals surface area (Å²) in [5, 5.41) is 14.1. The van der Waals surface area contributed by atoms with Crippen molar-refractivity contribution in [1.82, 2.24) is 10.6 Å². The molecule has 0 saturated heterocycles. The summed E-state index contributed by atoms with van der Waals surface area (Å²) in [6.07, 6.45) is 5.64. The van der Waals surface area contributed by atoms with Gasteiger partial charge in [-0.3, -0.25) is 0 Å². The predicted octanol–water partition coefficient (Wildman–Crippen LogP) is 2.37. The molecule has 5 nitrogen and oxygen atoms in total. The van der Waals surface area contributed by atoms with Gasteiger partial charge in [0.15, 0.2) is 0 Å². The quantitative estimate of drug-likeness (QED) is 0.555. The first-order valence-electron chi connectivity index (χ1n) is 6.76. The maximum absolute atomic E-state index is 11.5. The zero-order chi connectivity index (χ0) is 14.0. The second-order valence-electron chi connectivity index (χ2n) is 4.87. The molecule has 0 aromatic rings. The molecule has 1 unspecified atom stereocenters. The van der Waals surface area contributed by atoms with E-state index in [9.17, 15) is 9.59 Å². The summed E-state index contributed by atoms with van der Waals surface area (Å²) in [4.78, 5) is 22.3. The molecule has 0 aliphatic rings. The Morgan fingerprint density at radius 3 is 2.22 bits per heavy atom. The number of amides is 2. The van der Waals surface area contributed by atoms with Crippen LogP contribution in [0.1, 0.15) is 52.9 Å². The number of hydrogen-bond donors (Lipinski definition) is 3. The number of carboxylic acid groups (broad SMARTS) is 1. The molecule has 0 aliphatic heterocycles. The lowest BCUT2D eigenvalue weighted by Crippen LogP contribution is -2.48. The minimum absolute atomic E-state index is 0.127. The van der Waals surface area contributed by atoms with E-state index >= 15 is 0 Å². The fraction of sp³-hybridized carbons (Fsp3) is 0.846. The monoisotopic (exact) mass is 258 g/mol. The van der Waals surface area contributed by atoms with Gasteiger partial charge in [-0.15, -0.1) is 0 Å². The number of carbonyl (C=O) groups is 2. The lowest BCUT2D eigenvalue weighted by molar-refractivity contribution is -0.140. The molecule has 0 rings (SSSR count). The third kappa shape index (κ3) is 7.92. The summed E-state index contributed by atoms with van der Waals surface area (Å²) in [6, 6.07) is -1.23. The Morgan fingerprint density at radius 2 is 1.72 bits per heavy atom. The molecule has 106 valence electrons. The van der Waals surface area contributed by atoms with Crippen molar-refractivity contribution in [2.75, 3.05) is 6.54 Å². The van der Waals surface area contributed by atoms with Crippen LogP contribution >= 0.6 is 0 Å². The zero-order valence-corrected chi connectivity index (χ0v) is 11.7. The van der Waals surface area contributed by atoms with Crippen LogP contribution in [0.25, 0.3) is 0 Å². The van der Waals surface area contributed by atoms with Gasteiger partial charge in [-0.25, -0.2) is 9.59 Å². The van der Waals surface area contributed by atoms with Crippen molar-refractivity contribution in [3.05, 3.63) is 0 Å². The molecule has 2 amide bonds. The van der Waals surface area contributed by atoms with Crippen molar-refractivity contribution < 1.29 is 14.7 Å². The molecule has 0 spiro atoms. The molecule has 5 heteroatoms. The maximum Gasteiger partial charge on any atom is 0.326 e. The van der Waals surface area contributed by atoms with Crippen LogP contribution in [0.2, 0.25) is 0 Å². The summed E-state index contributed by atoms with van der Waals surface area (Å²) in [5.74, 6) is -1.12. The molecule has 0 radical (unpaired) electrons. The number of unbranched alkanes of at least 4 members (excludes halogenated alkanes) is 4. The molecule has 3 N–H and O–H groups in total. The van der Waals surface area contributed by atoms with Gasteiger partial charge in [0.2, 0.25) is 0 Å². The maximum atomic E-state index is 11.5. The highest BCUT2D eigenvalue weighted by Gasteiger charge is 2.22. The number of rotatable bonds is 9. The van der Waals surface area contributed by atoms with E-state index in [1.165, 1.54) is 19.3 Å². The molecular formula is C13H26N2O3. The second-order valence-corrected chi connectivity index (χ2v) is 4.87. The van der Waals surface area contributed by atoms with E-state index in [0.717, 1.165) is 12.8 Å². The molecule has 0 saturated carbocycles. The van der Waals surface area contributed by atoms with Crippen molar-refractivity contribution in [3.63, 3.8) is 0 Å². The van der Waals surface area contributed by atoms with Crippen LogP contribution in [0.5, 0.6) is 0 Å². The molecule has 1 atom stereocenters. The third-order valence-electron chi connectivity index (χ3n) is 2.79. The first-order chi connectivity index (χ1) is 8.49. The summed E-state index contributed by atoms with van der Waals surface area (Å²) in [5.41, 5.74) is 0. The van der Waals surface area contributed by atoms with Gasteiger partial charge in [0, 0.05) is 6.54 Å². The molecule has 0 fully saturated rings. The molecule has 0 aliphatic carbocycles. The molecular weight excluding hydrogens is 232 g/mol. The van der Waals surface area contributed by atoms with Crippen LogP contribution in [-0.2, 0) is 4.79 Å². The Labute approximate surface area is 109 Å². The van der Waals surface area contributed by atoms with Crippen LogP contribution < -0.4 is 10.6 Å². The second kappa shape index (κ2) is 9.74. The van der Waals surface area contributed by atoms with Gasteiger partial charge < -0.3 is 15.7 Å². The lowest BCUT2D eigenvalue weighted by Gasteiger charge is -2.18. The van der Waals surface area contributed by atoms with Gasteiger partial charge in [-0.2, -0.15) is 0 Å². The highest BCUT2D eigenvalue weighted by Crippen LogP contribution is 2.02. The van der Waals surface area contributed by atoms with E-state index in [1.807, 2.05) is 0 Å². The van der Waals surface area contributed by atoms with Crippen LogP contribution in [-0.4, -0.2) is 29.7 Å². The average molecular weight is 258 g/mol. The van der Waals surface area contributed by atoms with Gasteiger partial charge in [-0.05, 0) is 12.3 Å². The summed E-state index contributed by atoms with van der Waals surface area (Å²) < 4.78 is 0. The van der Waals surface area contributed by atoms with Gasteiger partial charge in [0.05, 0.1) is 0 Å². The normalized spacial score (nSPS) is 12.2. The van der Waals surface area contributed by atoms with Crippen molar-refractivity contribution >= 4 is 12.0 Å². The topological polar surface area (TPSA) is 78.4 Å². The Hall–Kier alpha value is -1.26. The third-order valence-corrected chi connectivity index (χ3v) is 2.79. The van der Waals surface area contributed by atoms with Gasteiger partial charge in [0.1, 0.15) is 6.04 Å². The average Bonchev–Trinajstić information content (AvgIpc) is 2.29. The Balaban J connectivity index is 3.72. The number of urea groups is 1. The summed E-state index contributed by atoms with van der Waals surface area (Å²) in [6.45, 7) is 6.29. The fourth-order valence-corrected chi connectivity index (χ4v) is 1.64. The Kier molecular flexibility index (Phi) is 9.06. The molecule has 0 bridgehead atoms. The molecule has 18 heavy (non-hydrogen) atoms. The van der Waals surface area contributed by atoms with Gasteiger partial charge in [0.25, 0.3) is 0 Å². The highest BCUT2D eigenvalue weighted by atomic mass is 16.4. The van der Waals surface area contributed by atoms with Crippen molar-refractivity contribution in [3.8, 4) is 0 Å². The van der Waals surface area contributed by atoms with Crippen LogP contribution in [0.3, 0.4) is 0 Å². The van der Waals surface area contributed by atoms with E-state index < -0.39 is 18.0 Å². The fourth-order valence-electron chi connectivity index (χ4n) is 1.64. The minimum Gasteiger partial charge on any atom is -0.480 e. The molecule has 0 aromatic heterocycles. The van der Waals surface area contributed by atoms with Crippen LogP contribution in [0, 0.1) is 5.92 Å². The van der Waals surface area contributed by atoms with E-state index in [2.05, 4.69) is 17.6 Å². The summed E-state index contributed by atoms with van der Waals surface area (Å²) in [7, 11) is 0. The van der Waals surface area contributed by atoms with Crippen molar-refractivity contribution in [2.24, 2.45) is 5.92 Å². The smallest absolute Gasteiger partial charge is 0.326 e. The first-order valence-corrected chi connectivity index (χ1v) is 6.76. The minimum atomic E-state index is -0.997. The lowest BCUT2D eigenvalue weighted by atomic mass is 10.1. The number of aliphatic carboxylic acids is 1. The van der Waals surface area contributed by atoms with Crippen LogP contribution in [0.15, 0.2) is 0 Å². The van der Waals surface area contributed by atoms with Gasteiger partial charge >= 0.3 is 12.0 Å². The summed E-state index contributed by atoms with van der Waals surface area (Å²) >= 11 is 0. The number of hydrogen-bond acceptors (Lipinski definition) is 2. The zero-order valence-electron chi connectivity index (χ0n) is 11.7. The SMILES string of the molecule is CCCCCCCNC(=O)NC(C(=O)O)C(C)C. The van der Waals surface area contributed by atoms with Crippen molar-refractivity contribution in [2.45, 2.75) is 58.9 Å². The van der Waals surface area contributed by atoms with Gasteiger partial charge in [-0.1, -0.05) is 46.5 Å². The first kappa shape index (κ1) is 16.7. The Bertz CT molecular complexity index is 255. The largest absolute Gasteiger partial charge is 0.480 e. The number of nitrogens with one attached hydrogen (secondary N) is 2. The standard InChI is InChI=1S/C13H26N2O3/c1-4-5-6-7-8-9-14-13(18)15-11(10(2)3)12(16)17/h10-11H,4-9H2,1-3H3,(H,16,17)(H2,14,15,18). The Morgan fingerprint density at radius 1 is 1.11 bits per heavy atom. The number of carbonyl (C=O) groups excluding carboxylic acids is 1. The van der Waals surface area contributed by atoms with E-state index in [-0.39, 0.29) is 5.92 Å². The molecule has 0 heterocycles.